The maximum Gasteiger partial charge on any atom is 0.270 e. The van der Waals surface area contributed by atoms with Crippen LogP contribution in [0.15, 0.2) is 54.1 Å². The molecule has 1 heterocycles. The van der Waals surface area contributed by atoms with Gasteiger partial charge in [0.1, 0.15) is 17.1 Å². The molecule has 1 aliphatic heterocycles. The Morgan fingerprint density at radius 2 is 1.83 bits per heavy atom. The predicted molar refractivity (Wildman–Crippen MR) is 90.7 cm³/mol. The van der Waals surface area contributed by atoms with Crippen molar-refractivity contribution in [3.63, 3.8) is 0 Å². The number of phenols is 1. The van der Waals surface area contributed by atoms with E-state index in [1.165, 1.54) is 36.4 Å². The van der Waals surface area contributed by atoms with Crippen LogP contribution in [0.2, 0.25) is 0 Å². The van der Waals surface area contributed by atoms with Crippen LogP contribution in [0.5, 0.6) is 5.75 Å². The number of hydrogen-bond acceptors (Lipinski definition) is 4. The van der Waals surface area contributed by atoms with Gasteiger partial charge in [-0.15, -0.1) is 0 Å². The molecule has 0 saturated carbocycles. The molecule has 0 unspecified atom stereocenters. The molecule has 24 heavy (non-hydrogen) atoms. The van der Waals surface area contributed by atoms with Crippen molar-refractivity contribution >= 4 is 40.9 Å². The van der Waals surface area contributed by atoms with E-state index in [9.17, 15) is 19.1 Å². The lowest BCUT2D eigenvalue weighted by atomic mass is 10.1. The van der Waals surface area contributed by atoms with E-state index in [0.717, 1.165) is 11.0 Å². The van der Waals surface area contributed by atoms with Crippen molar-refractivity contribution in [1.29, 1.82) is 0 Å². The highest BCUT2D eigenvalue weighted by Gasteiger charge is 2.34. The fourth-order valence-corrected chi connectivity index (χ4v) is 2.53. The molecule has 2 N–H and O–H groups in total. The zero-order valence-electron chi connectivity index (χ0n) is 12.2. The average Bonchev–Trinajstić information content (AvgIpc) is 2.53. The summed E-state index contributed by atoms with van der Waals surface area (Å²) < 4.78 is 13.4. The van der Waals surface area contributed by atoms with Crippen LogP contribution in [-0.4, -0.2) is 22.0 Å². The summed E-state index contributed by atoms with van der Waals surface area (Å²) in [5.74, 6) is -1.74. The number of phenolic OH excluding ortho intramolecular Hbond substituents is 1. The van der Waals surface area contributed by atoms with Crippen molar-refractivity contribution in [1.82, 2.24) is 5.32 Å². The number of thiocarbonyl (C=S) groups is 1. The number of hydrogen-bond donors (Lipinski definition) is 2. The standard InChI is InChI=1S/C17H11FN2O3S/c18-11-2-1-3-12(9-11)20-16(23)14(15(22)19-17(20)24)8-10-4-6-13(21)7-5-10/h1-9,21H,(H,19,22,24)/b14-8+. The molecule has 0 radical (unpaired) electrons. The number of nitrogens with zero attached hydrogens (tertiary/aromatic N) is 1. The van der Waals surface area contributed by atoms with Crippen molar-refractivity contribution in [3.8, 4) is 5.75 Å². The second-order valence-electron chi connectivity index (χ2n) is 5.03. The van der Waals surface area contributed by atoms with Crippen molar-refractivity contribution in [3.05, 3.63) is 65.5 Å². The van der Waals surface area contributed by atoms with Crippen molar-refractivity contribution in [2.75, 3.05) is 4.90 Å². The second-order valence-corrected chi connectivity index (χ2v) is 5.42. The van der Waals surface area contributed by atoms with Crippen molar-refractivity contribution in [2.45, 2.75) is 0 Å². The van der Waals surface area contributed by atoms with Gasteiger partial charge in [-0.3, -0.25) is 19.8 Å². The Balaban J connectivity index is 2.01. The van der Waals surface area contributed by atoms with Gasteiger partial charge in [-0.25, -0.2) is 4.39 Å². The number of amides is 2. The van der Waals surface area contributed by atoms with Gasteiger partial charge in [0.05, 0.1) is 5.69 Å². The third-order valence-corrected chi connectivity index (χ3v) is 3.66. The fraction of sp³-hybridized carbons (Fsp3) is 0. The molecular formula is C17H11FN2O3S. The van der Waals surface area contributed by atoms with Gasteiger partial charge in [0.2, 0.25) is 0 Å². The minimum Gasteiger partial charge on any atom is -0.508 e. The maximum atomic E-state index is 13.4. The zero-order chi connectivity index (χ0) is 17.3. The van der Waals surface area contributed by atoms with E-state index in [2.05, 4.69) is 5.32 Å². The smallest absolute Gasteiger partial charge is 0.270 e. The molecule has 3 rings (SSSR count). The maximum absolute atomic E-state index is 13.4. The molecule has 2 aromatic rings. The largest absolute Gasteiger partial charge is 0.508 e. The SMILES string of the molecule is O=C1NC(=S)N(c2cccc(F)c2)C(=O)/C1=C/c1ccc(O)cc1. The number of nitrogens with one attached hydrogen (secondary N) is 1. The van der Waals surface area contributed by atoms with E-state index in [1.54, 1.807) is 12.1 Å². The van der Waals surface area contributed by atoms with Gasteiger partial charge in [0, 0.05) is 0 Å². The Bertz CT molecular complexity index is 878. The lowest BCUT2D eigenvalue weighted by molar-refractivity contribution is -0.122. The van der Waals surface area contributed by atoms with E-state index >= 15 is 0 Å². The number of rotatable bonds is 2. The third-order valence-electron chi connectivity index (χ3n) is 3.37. The van der Waals surface area contributed by atoms with Crippen LogP contribution in [0.3, 0.4) is 0 Å². The van der Waals surface area contributed by atoms with E-state index in [-0.39, 0.29) is 22.1 Å². The van der Waals surface area contributed by atoms with E-state index < -0.39 is 17.6 Å². The van der Waals surface area contributed by atoms with Gasteiger partial charge in [-0.1, -0.05) is 18.2 Å². The number of anilines is 1. The number of benzene rings is 2. The fourth-order valence-electron chi connectivity index (χ4n) is 2.24. The summed E-state index contributed by atoms with van der Waals surface area (Å²) in [7, 11) is 0. The quantitative estimate of drug-likeness (QED) is 0.499. The molecular weight excluding hydrogens is 331 g/mol. The molecule has 2 aromatic carbocycles. The monoisotopic (exact) mass is 342 g/mol. The first kappa shape index (κ1) is 15.8. The third kappa shape index (κ3) is 3.02. The molecule has 0 aliphatic carbocycles. The van der Waals surface area contributed by atoms with Gasteiger partial charge in [-0.05, 0) is 54.2 Å². The van der Waals surface area contributed by atoms with E-state index in [0.29, 0.717) is 5.56 Å². The van der Waals surface area contributed by atoms with E-state index in [4.69, 9.17) is 12.2 Å². The second kappa shape index (κ2) is 6.21. The minimum absolute atomic E-state index is 0.0686. The Labute approximate surface area is 142 Å². The van der Waals surface area contributed by atoms with Gasteiger partial charge >= 0.3 is 0 Å². The molecule has 0 bridgehead atoms. The van der Waals surface area contributed by atoms with Crippen LogP contribution in [-0.2, 0) is 9.59 Å². The molecule has 5 nitrogen and oxygen atoms in total. The van der Waals surface area contributed by atoms with Crippen LogP contribution in [0.4, 0.5) is 10.1 Å². The molecule has 7 heteroatoms. The molecule has 1 saturated heterocycles. The molecule has 120 valence electrons. The average molecular weight is 342 g/mol. The van der Waals surface area contributed by atoms with Crippen LogP contribution < -0.4 is 10.2 Å². The predicted octanol–water partition coefficient (Wildman–Crippen LogP) is 2.36. The van der Waals surface area contributed by atoms with Crippen LogP contribution in [0, 0.1) is 5.82 Å². The zero-order valence-corrected chi connectivity index (χ0v) is 13.0. The molecule has 0 aromatic heterocycles. The highest BCUT2D eigenvalue weighted by atomic mass is 32.1. The van der Waals surface area contributed by atoms with Gasteiger partial charge < -0.3 is 5.11 Å². The molecule has 1 fully saturated rings. The van der Waals surface area contributed by atoms with E-state index in [1.807, 2.05) is 0 Å². The van der Waals surface area contributed by atoms with Gasteiger partial charge in [0.25, 0.3) is 11.8 Å². The number of carbonyl (C=O) groups is 2. The topological polar surface area (TPSA) is 69.6 Å². The number of carbonyl (C=O) groups excluding carboxylic acids is 2. The Morgan fingerprint density at radius 1 is 1.12 bits per heavy atom. The van der Waals surface area contributed by atoms with Crippen molar-refractivity contribution < 1.29 is 19.1 Å². The van der Waals surface area contributed by atoms with Crippen LogP contribution >= 0.6 is 12.2 Å². The Morgan fingerprint density at radius 3 is 2.50 bits per heavy atom. The summed E-state index contributed by atoms with van der Waals surface area (Å²) in [4.78, 5) is 25.8. The number of aromatic hydroxyl groups is 1. The lowest BCUT2D eigenvalue weighted by Gasteiger charge is -2.28. The molecule has 1 aliphatic rings. The molecule has 0 spiro atoms. The molecule has 0 atom stereocenters. The number of halogens is 1. The first-order chi connectivity index (χ1) is 11.5. The van der Waals surface area contributed by atoms with Crippen LogP contribution in [0.1, 0.15) is 5.56 Å². The van der Waals surface area contributed by atoms with Crippen molar-refractivity contribution in [2.24, 2.45) is 0 Å². The highest BCUT2D eigenvalue weighted by Crippen LogP contribution is 2.23. The van der Waals surface area contributed by atoms with Gasteiger partial charge in [-0.2, -0.15) is 0 Å². The summed E-state index contributed by atoms with van der Waals surface area (Å²) in [6, 6.07) is 11.3. The first-order valence-corrected chi connectivity index (χ1v) is 7.32. The normalized spacial score (nSPS) is 16.5. The Kier molecular flexibility index (Phi) is 4.09. The van der Waals surface area contributed by atoms with Gasteiger partial charge in [0.15, 0.2) is 5.11 Å². The lowest BCUT2D eigenvalue weighted by Crippen LogP contribution is -2.54. The Hall–Kier alpha value is -3.06. The highest BCUT2D eigenvalue weighted by molar-refractivity contribution is 7.80. The molecule has 2 amide bonds. The summed E-state index contributed by atoms with van der Waals surface area (Å²) >= 11 is 5.03. The minimum atomic E-state index is -0.651. The summed E-state index contributed by atoms with van der Waals surface area (Å²) in [5.41, 5.74) is 0.637. The summed E-state index contributed by atoms with van der Waals surface area (Å²) in [6.45, 7) is 0. The summed E-state index contributed by atoms with van der Waals surface area (Å²) in [6.07, 6.45) is 1.38. The first-order valence-electron chi connectivity index (χ1n) is 6.92. The summed E-state index contributed by atoms with van der Waals surface area (Å²) in [5, 5.41) is 11.6. The van der Waals surface area contributed by atoms with Crippen LogP contribution in [0.25, 0.3) is 6.08 Å².